The number of aromatic nitrogens is 5. The van der Waals surface area contributed by atoms with E-state index >= 15 is 0 Å². The van der Waals surface area contributed by atoms with E-state index in [2.05, 4.69) is 35.1 Å². The summed E-state index contributed by atoms with van der Waals surface area (Å²) in [5.41, 5.74) is 3.67. The highest BCUT2D eigenvalue weighted by Gasteiger charge is 2.26. The van der Waals surface area contributed by atoms with E-state index in [0.717, 1.165) is 41.8 Å². The van der Waals surface area contributed by atoms with Gasteiger partial charge in [0.15, 0.2) is 5.75 Å². The van der Waals surface area contributed by atoms with Gasteiger partial charge in [-0.2, -0.15) is 0 Å². The molecule has 4 heterocycles. The van der Waals surface area contributed by atoms with E-state index in [0.29, 0.717) is 36.3 Å². The maximum atomic E-state index is 12.3. The summed E-state index contributed by atoms with van der Waals surface area (Å²) in [6.45, 7) is 9.23. The number of carbonyl (C=O) groups excluding carboxylic acids is 1. The first-order valence-electron chi connectivity index (χ1n) is 12.7. The Hall–Kier alpha value is -3.96. The number of aromatic amines is 1. The van der Waals surface area contributed by atoms with Crippen molar-refractivity contribution in [2.45, 2.75) is 32.9 Å². The lowest BCUT2D eigenvalue weighted by molar-refractivity contribution is 0.0139. The molecule has 204 valence electrons. The summed E-state index contributed by atoms with van der Waals surface area (Å²) in [4.78, 5) is 37.1. The molecule has 1 aromatic carbocycles. The third-order valence-corrected chi connectivity index (χ3v) is 6.38. The Kier molecular flexibility index (Phi) is 7.53. The van der Waals surface area contributed by atoms with Crippen LogP contribution in [0.1, 0.15) is 26.3 Å². The molecule has 0 unspecified atom stereocenters. The largest absolute Gasteiger partial charge is 0.493 e. The minimum Gasteiger partial charge on any atom is -0.493 e. The fourth-order valence-corrected chi connectivity index (χ4v) is 4.49. The minimum atomic E-state index is -0.491. The Morgan fingerprint density at radius 1 is 1.10 bits per heavy atom. The summed E-state index contributed by atoms with van der Waals surface area (Å²) < 4.78 is 10.9. The van der Waals surface area contributed by atoms with Gasteiger partial charge in [0.2, 0.25) is 11.2 Å². The molecule has 39 heavy (non-hydrogen) atoms. The Labute approximate surface area is 231 Å². The Morgan fingerprint density at radius 2 is 1.90 bits per heavy atom. The van der Waals surface area contributed by atoms with E-state index in [1.54, 1.807) is 24.4 Å². The number of hydrogen-bond donors (Lipinski definition) is 2. The van der Waals surface area contributed by atoms with Crippen LogP contribution in [-0.2, 0) is 11.3 Å². The van der Waals surface area contributed by atoms with Gasteiger partial charge in [-0.1, -0.05) is 6.07 Å². The lowest BCUT2D eigenvalue weighted by Crippen LogP contribution is -2.49. The third kappa shape index (κ3) is 6.55. The van der Waals surface area contributed by atoms with Crippen LogP contribution in [0.4, 0.5) is 16.6 Å². The number of fused-ring (bicyclic) bond motifs is 1. The van der Waals surface area contributed by atoms with Gasteiger partial charge in [-0.3, -0.25) is 4.90 Å². The maximum Gasteiger partial charge on any atom is 0.410 e. The predicted molar refractivity (Wildman–Crippen MR) is 149 cm³/mol. The summed E-state index contributed by atoms with van der Waals surface area (Å²) in [6.07, 6.45) is 3.07. The molecule has 12 heteroatoms. The molecule has 1 fully saturated rings. The van der Waals surface area contributed by atoms with Crippen molar-refractivity contribution in [2.24, 2.45) is 0 Å². The molecule has 0 radical (unpaired) electrons. The summed E-state index contributed by atoms with van der Waals surface area (Å²) in [6, 6.07) is 9.76. The first kappa shape index (κ1) is 26.6. The number of pyridine rings is 1. The second-order valence-corrected chi connectivity index (χ2v) is 10.6. The van der Waals surface area contributed by atoms with Crippen molar-refractivity contribution < 1.29 is 14.3 Å². The molecule has 1 saturated heterocycles. The molecule has 0 saturated carbocycles. The molecule has 0 atom stereocenters. The highest BCUT2D eigenvalue weighted by atomic mass is 35.5. The molecule has 3 aromatic heterocycles. The number of piperazine rings is 1. The number of methoxy groups -OCH3 is 1. The number of halogens is 1. The molecule has 1 aliphatic rings. The molecule has 2 N–H and O–H groups in total. The van der Waals surface area contributed by atoms with Crippen LogP contribution in [0, 0.1) is 0 Å². The van der Waals surface area contributed by atoms with Gasteiger partial charge in [0.1, 0.15) is 17.1 Å². The Balaban J connectivity index is 1.23. The van der Waals surface area contributed by atoms with Gasteiger partial charge in [0.05, 0.1) is 24.3 Å². The Morgan fingerprint density at radius 3 is 2.64 bits per heavy atom. The topological polar surface area (TPSA) is 121 Å². The number of anilines is 2. The van der Waals surface area contributed by atoms with Crippen molar-refractivity contribution in [3.8, 4) is 17.0 Å². The average molecular weight is 551 g/mol. The van der Waals surface area contributed by atoms with E-state index in [-0.39, 0.29) is 11.4 Å². The van der Waals surface area contributed by atoms with Crippen LogP contribution in [0.5, 0.6) is 5.75 Å². The van der Waals surface area contributed by atoms with Crippen LogP contribution in [-0.4, -0.2) is 79.7 Å². The Bertz CT molecular complexity index is 1480. The lowest BCUT2D eigenvalue weighted by Gasteiger charge is -2.35. The zero-order valence-corrected chi connectivity index (χ0v) is 23.1. The van der Waals surface area contributed by atoms with Crippen LogP contribution in [0.15, 0.2) is 42.7 Å². The van der Waals surface area contributed by atoms with Crippen LogP contribution in [0.2, 0.25) is 5.28 Å². The minimum absolute atomic E-state index is 0.147. The first-order valence-corrected chi connectivity index (χ1v) is 13.0. The molecule has 4 aromatic rings. The van der Waals surface area contributed by atoms with Gasteiger partial charge >= 0.3 is 6.09 Å². The monoisotopic (exact) mass is 550 g/mol. The van der Waals surface area contributed by atoms with E-state index in [1.807, 2.05) is 51.1 Å². The summed E-state index contributed by atoms with van der Waals surface area (Å²) in [7, 11) is 1.57. The van der Waals surface area contributed by atoms with E-state index in [1.165, 1.54) is 0 Å². The van der Waals surface area contributed by atoms with Crippen molar-refractivity contribution in [3.63, 3.8) is 0 Å². The molecule has 0 aliphatic carbocycles. The van der Waals surface area contributed by atoms with E-state index in [9.17, 15) is 4.79 Å². The normalized spacial score (nSPS) is 14.4. The summed E-state index contributed by atoms with van der Waals surface area (Å²) in [5, 5.41) is 3.42. The number of amides is 1. The first-order chi connectivity index (χ1) is 18.7. The van der Waals surface area contributed by atoms with Crippen molar-refractivity contribution in [3.05, 3.63) is 53.6 Å². The summed E-state index contributed by atoms with van der Waals surface area (Å²) >= 11 is 6.01. The third-order valence-electron chi connectivity index (χ3n) is 6.20. The quantitative estimate of drug-likeness (QED) is 0.324. The van der Waals surface area contributed by atoms with Crippen LogP contribution in [0.3, 0.4) is 0 Å². The fourth-order valence-electron chi connectivity index (χ4n) is 4.36. The smallest absolute Gasteiger partial charge is 0.410 e. The predicted octanol–water partition coefficient (Wildman–Crippen LogP) is 4.87. The number of rotatable bonds is 6. The number of H-pyrrole nitrogens is 1. The molecular formula is C27H31ClN8O3. The van der Waals surface area contributed by atoms with E-state index < -0.39 is 5.60 Å². The van der Waals surface area contributed by atoms with Crippen molar-refractivity contribution in [2.75, 3.05) is 38.6 Å². The standard InChI is InChI=1S/C27H31ClN8O3/c1-27(2,3)39-26(37)36-11-9-35(10-12-36)16-17-7-8-29-22(13-17)33-25-31-19-6-5-18(14-20(19)32-25)23-21(38-4)15-30-24(28)34-23/h5-8,13-15H,9-12,16H2,1-4H3,(H2,29,31,32,33). The number of nitrogens with one attached hydrogen (secondary N) is 2. The van der Waals surface area contributed by atoms with Crippen molar-refractivity contribution in [1.29, 1.82) is 0 Å². The zero-order valence-electron chi connectivity index (χ0n) is 22.4. The number of nitrogens with zero attached hydrogens (tertiary/aromatic N) is 6. The molecule has 0 spiro atoms. The van der Waals surface area contributed by atoms with Crippen molar-refractivity contribution >= 4 is 40.5 Å². The highest BCUT2D eigenvalue weighted by Crippen LogP contribution is 2.30. The second-order valence-electron chi connectivity index (χ2n) is 10.3. The maximum absolute atomic E-state index is 12.3. The summed E-state index contributed by atoms with van der Waals surface area (Å²) in [5.74, 6) is 1.79. The average Bonchev–Trinajstić information content (AvgIpc) is 3.29. The highest BCUT2D eigenvalue weighted by molar-refractivity contribution is 6.28. The molecule has 0 bridgehead atoms. The zero-order chi connectivity index (χ0) is 27.6. The van der Waals surface area contributed by atoms with Crippen LogP contribution in [0.25, 0.3) is 22.3 Å². The van der Waals surface area contributed by atoms with Gasteiger partial charge in [-0.25, -0.2) is 24.7 Å². The van der Waals surface area contributed by atoms with Gasteiger partial charge in [0, 0.05) is 44.5 Å². The molecule has 5 rings (SSSR count). The van der Waals surface area contributed by atoms with Gasteiger partial charge in [-0.15, -0.1) is 0 Å². The van der Waals surface area contributed by atoms with Crippen molar-refractivity contribution in [1.82, 2.24) is 34.7 Å². The SMILES string of the molecule is COc1cnc(Cl)nc1-c1ccc2nc(Nc3cc(CN4CCN(C(=O)OC(C)(C)C)CC4)ccn3)[nH]c2c1. The number of ether oxygens (including phenoxy) is 2. The molecule has 1 aliphatic heterocycles. The van der Waals surface area contributed by atoms with E-state index in [4.69, 9.17) is 21.1 Å². The van der Waals surface area contributed by atoms with Crippen LogP contribution >= 0.6 is 11.6 Å². The lowest BCUT2D eigenvalue weighted by atomic mass is 10.1. The molecular weight excluding hydrogens is 520 g/mol. The number of benzene rings is 1. The molecule has 1 amide bonds. The number of imidazole rings is 1. The second kappa shape index (κ2) is 11.0. The van der Waals surface area contributed by atoms with Gasteiger partial charge < -0.3 is 24.7 Å². The number of carbonyl (C=O) groups is 1. The van der Waals surface area contributed by atoms with Crippen LogP contribution < -0.4 is 10.1 Å². The number of hydrogen-bond acceptors (Lipinski definition) is 9. The van der Waals surface area contributed by atoms with Gasteiger partial charge in [0.25, 0.3) is 0 Å². The molecule has 11 nitrogen and oxygen atoms in total. The fraction of sp³-hybridized carbons (Fsp3) is 0.370. The van der Waals surface area contributed by atoms with Gasteiger partial charge in [-0.05, 0) is 62.2 Å².